The lowest BCUT2D eigenvalue weighted by atomic mass is 10.0. The Morgan fingerprint density at radius 3 is 2.92 bits per heavy atom. The average Bonchev–Trinajstić information content (AvgIpc) is 3.22. The number of amides is 2. The number of likely N-dealkylation sites (tertiary alicyclic amines) is 1. The Hall–Kier alpha value is -2.41. The van der Waals surface area contributed by atoms with Crippen LogP contribution in [0.15, 0.2) is 36.7 Å². The zero-order valence-corrected chi connectivity index (χ0v) is 13.8. The molecule has 2 aromatic rings. The van der Waals surface area contributed by atoms with Gasteiger partial charge in [0.25, 0.3) is 0 Å². The second-order valence-electron chi connectivity index (χ2n) is 6.14. The molecule has 2 N–H and O–H groups in total. The number of aliphatic hydroxyl groups excluding tert-OH is 1. The monoisotopic (exact) mass is 329 g/mol. The molecule has 7 nitrogen and oxygen atoms in total. The fraction of sp³-hybridized carbons (Fsp3) is 0.471. The first-order valence-corrected chi connectivity index (χ1v) is 8.25. The van der Waals surface area contributed by atoms with Gasteiger partial charge in [-0.25, -0.2) is 9.78 Å². The molecule has 1 saturated heterocycles. The van der Waals surface area contributed by atoms with Crippen LogP contribution in [0.25, 0.3) is 0 Å². The van der Waals surface area contributed by atoms with Crippen molar-refractivity contribution in [2.24, 2.45) is 7.05 Å². The maximum absolute atomic E-state index is 12.4. The van der Waals surface area contributed by atoms with Gasteiger partial charge in [-0.15, -0.1) is 0 Å². The van der Waals surface area contributed by atoms with Crippen molar-refractivity contribution in [3.05, 3.63) is 48.0 Å². The van der Waals surface area contributed by atoms with Crippen molar-refractivity contribution in [2.45, 2.75) is 38.0 Å². The molecule has 0 unspecified atom stereocenters. The number of urea groups is 1. The number of hydrogen-bond acceptors (Lipinski definition) is 4. The predicted molar refractivity (Wildman–Crippen MR) is 89.0 cm³/mol. The Labute approximate surface area is 141 Å². The Morgan fingerprint density at radius 2 is 2.21 bits per heavy atom. The molecule has 0 spiro atoms. The van der Waals surface area contributed by atoms with Crippen molar-refractivity contribution in [1.29, 1.82) is 0 Å². The molecule has 0 aliphatic carbocycles. The van der Waals surface area contributed by atoms with E-state index in [0.29, 0.717) is 25.3 Å². The number of rotatable bonds is 5. The number of benzene rings is 1. The number of carbonyl (C=O) groups is 1. The van der Waals surface area contributed by atoms with E-state index in [4.69, 9.17) is 0 Å². The van der Waals surface area contributed by atoms with E-state index in [-0.39, 0.29) is 12.1 Å². The highest BCUT2D eigenvalue weighted by molar-refractivity contribution is 5.74. The van der Waals surface area contributed by atoms with Gasteiger partial charge < -0.3 is 15.3 Å². The number of aromatic nitrogens is 3. The summed E-state index contributed by atoms with van der Waals surface area (Å²) in [5.41, 5.74) is 0.891. The van der Waals surface area contributed by atoms with Crippen LogP contribution in [0.3, 0.4) is 0 Å². The fourth-order valence-electron chi connectivity index (χ4n) is 3.14. The maximum atomic E-state index is 12.4. The van der Waals surface area contributed by atoms with Gasteiger partial charge in [0.05, 0.1) is 12.6 Å². The quantitative estimate of drug-likeness (QED) is 0.873. The van der Waals surface area contributed by atoms with E-state index in [9.17, 15) is 9.90 Å². The van der Waals surface area contributed by atoms with Gasteiger partial charge in [-0.3, -0.25) is 4.68 Å². The number of aryl methyl sites for hydroxylation is 1. The highest BCUT2D eigenvalue weighted by Gasteiger charge is 2.30. The predicted octanol–water partition coefficient (Wildman–Crippen LogP) is 1.61. The molecule has 2 atom stereocenters. The number of aliphatic hydroxyl groups is 1. The van der Waals surface area contributed by atoms with Crippen LogP contribution < -0.4 is 5.32 Å². The van der Waals surface area contributed by atoms with Crippen molar-refractivity contribution < 1.29 is 9.90 Å². The standard InChI is InChI=1S/C17H23N5O2/c1-21-12-19-16(20-21)11-18-17(24)22-9-5-8-14(22)10-15(23)13-6-3-2-4-7-13/h2-4,6-7,12,14-15,23H,5,8-11H2,1H3,(H,18,24)/t14-,15-/m0/s1. The zero-order valence-electron chi connectivity index (χ0n) is 13.8. The Balaban J connectivity index is 1.55. The first kappa shape index (κ1) is 16.4. The van der Waals surface area contributed by atoms with Crippen molar-refractivity contribution >= 4 is 6.03 Å². The van der Waals surface area contributed by atoms with Crippen LogP contribution in [0, 0.1) is 0 Å². The van der Waals surface area contributed by atoms with Crippen LogP contribution in [0.2, 0.25) is 0 Å². The summed E-state index contributed by atoms with van der Waals surface area (Å²) in [6, 6.07) is 9.52. The van der Waals surface area contributed by atoms with Gasteiger partial charge in [0.15, 0.2) is 5.82 Å². The molecule has 3 rings (SSSR count). The highest BCUT2D eigenvalue weighted by atomic mass is 16.3. The van der Waals surface area contributed by atoms with Crippen LogP contribution >= 0.6 is 0 Å². The summed E-state index contributed by atoms with van der Waals surface area (Å²) in [6.07, 6.45) is 3.48. The topological polar surface area (TPSA) is 83.3 Å². The molecule has 0 saturated carbocycles. The van der Waals surface area contributed by atoms with Crippen LogP contribution in [0.1, 0.15) is 36.8 Å². The van der Waals surface area contributed by atoms with Crippen LogP contribution in [0.5, 0.6) is 0 Å². The Bertz CT molecular complexity index is 673. The maximum Gasteiger partial charge on any atom is 0.318 e. The van der Waals surface area contributed by atoms with Crippen LogP contribution in [-0.4, -0.2) is 43.4 Å². The molecule has 7 heteroatoms. The van der Waals surface area contributed by atoms with Gasteiger partial charge in [-0.2, -0.15) is 5.10 Å². The molecule has 1 aliphatic rings. The summed E-state index contributed by atoms with van der Waals surface area (Å²) in [5, 5.41) is 17.4. The summed E-state index contributed by atoms with van der Waals surface area (Å²) < 4.78 is 1.61. The molecule has 1 aromatic carbocycles. The van der Waals surface area contributed by atoms with Gasteiger partial charge in [0.2, 0.25) is 0 Å². The SMILES string of the molecule is Cn1cnc(CNC(=O)N2CCC[C@H]2C[C@H](O)c2ccccc2)n1. The molecular formula is C17H23N5O2. The smallest absolute Gasteiger partial charge is 0.318 e. The molecule has 1 aliphatic heterocycles. The molecule has 0 radical (unpaired) electrons. The second-order valence-corrected chi connectivity index (χ2v) is 6.14. The van der Waals surface area contributed by atoms with Gasteiger partial charge in [0.1, 0.15) is 6.33 Å². The number of nitrogens with zero attached hydrogens (tertiary/aromatic N) is 4. The van der Waals surface area contributed by atoms with Crippen LogP contribution in [-0.2, 0) is 13.6 Å². The lowest BCUT2D eigenvalue weighted by Gasteiger charge is -2.26. The molecule has 1 aromatic heterocycles. The van der Waals surface area contributed by atoms with E-state index in [1.165, 1.54) is 0 Å². The molecule has 24 heavy (non-hydrogen) atoms. The number of nitrogens with one attached hydrogen (secondary N) is 1. The zero-order chi connectivity index (χ0) is 16.9. The Morgan fingerprint density at radius 1 is 1.42 bits per heavy atom. The van der Waals surface area contributed by atoms with Gasteiger partial charge in [-0.1, -0.05) is 30.3 Å². The van der Waals surface area contributed by atoms with E-state index in [1.807, 2.05) is 35.2 Å². The van der Waals surface area contributed by atoms with Crippen LogP contribution in [0.4, 0.5) is 4.79 Å². The average molecular weight is 329 g/mol. The Kier molecular flexibility index (Phi) is 5.10. The van der Waals surface area contributed by atoms with Gasteiger partial charge in [0, 0.05) is 19.6 Å². The van der Waals surface area contributed by atoms with Crippen molar-refractivity contribution in [2.75, 3.05) is 6.54 Å². The van der Waals surface area contributed by atoms with E-state index in [0.717, 1.165) is 18.4 Å². The van der Waals surface area contributed by atoms with Gasteiger partial charge in [-0.05, 0) is 24.8 Å². The molecular weight excluding hydrogens is 306 g/mol. The van der Waals surface area contributed by atoms with E-state index >= 15 is 0 Å². The molecule has 0 bridgehead atoms. The number of carbonyl (C=O) groups excluding carboxylic acids is 1. The van der Waals surface area contributed by atoms with E-state index < -0.39 is 6.10 Å². The third kappa shape index (κ3) is 3.91. The molecule has 1 fully saturated rings. The summed E-state index contributed by atoms with van der Waals surface area (Å²) in [5.74, 6) is 0.589. The molecule has 128 valence electrons. The summed E-state index contributed by atoms with van der Waals surface area (Å²) in [7, 11) is 1.79. The first-order chi connectivity index (χ1) is 11.6. The van der Waals surface area contributed by atoms with Crippen molar-refractivity contribution in [1.82, 2.24) is 25.0 Å². The minimum absolute atomic E-state index is 0.0527. The fourth-order valence-corrected chi connectivity index (χ4v) is 3.14. The third-order valence-corrected chi connectivity index (χ3v) is 4.36. The van der Waals surface area contributed by atoms with E-state index in [2.05, 4.69) is 15.4 Å². The number of hydrogen-bond donors (Lipinski definition) is 2. The highest BCUT2D eigenvalue weighted by Crippen LogP contribution is 2.27. The van der Waals surface area contributed by atoms with Gasteiger partial charge >= 0.3 is 6.03 Å². The summed E-state index contributed by atoms with van der Waals surface area (Å²) >= 11 is 0. The normalized spacial score (nSPS) is 18.6. The first-order valence-electron chi connectivity index (χ1n) is 8.25. The lowest BCUT2D eigenvalue weighted by molar-refractivity contribution is 0.126. The largest absolute Gasteiger partial charge is 0.388 e. The lowest BCUT2D eigenvalue weighted by Crippen LogP contribution is -2.43. The second kappa shape index (κ2) is 7.44. The van der Waals surface area contributed by atoms with Crippen molar-refractivity contribution in [3.63, 3.8) is 0 Å². The minimum atomic E-state index is -0.554. The summed E-state index contributed by atoms with van der Waals surface area (Å²) in [6.45, 7) is 1.03. The van der Waals surface area contributed by atoms with Crippen molar-refractivity contribution in [3.8, 4) is 0 Å². The summed E-state index contributed by atoms with van der Waals surface area (Å²) in [4.78, 5) is 18.3. The third-order valence-electron chi connectivity index (χ3n) is 4.36. The van der Waals surface area contributed by atoms with E-state index in [1.54, 1.807) is 18.1 Å². The molecule has 2 amide bonds. The molecule has 2 heterocycles. The minimum Gasteiger partial charge on any atom is -0.388 e.